The van der Waals surface area contributed by atoms with Gasteiger partial charge in [-0.05, 0) is 29.7 Å². The number of pyridine rings is 1. The zero-order valence-electron chi connectivity index (χ0n) is 19.6. The molecular weight excluding hydrogens is 516 g/mol. The van der Waals surface area contributed by atoms with Gasteiger partial charge in [0.2, 0.25) is 5.88 Å². The number of H-pyrrole nitrogens is 1. The maximum atomic E-state index is 15.6. The van der Waals surface area contributed by atoms with Gasteiger partial charge in [-0.3, -0.25) is 9.82 Å². The number of benzene rings is 3. The smallest absolute Gasteiger partial charge is 0.262 e. The zero-order chi connectivity index (χ0) is 26.4. The van der Waals surface area contributed by atoms with Gasteiger partial charge in [-0.15, -0.1) is 10.2 Å². The monoisotopic (exact) mass is 533 g/mol. The van der Waals surface area contributed by atoms with Crippen molar-refractivity contribution in [3.8, 4) is 22.8 Å². The van der Waals surface area contributed by atoms with Crippen LogP contribution in [-0.4, -0.2) is 45.7 Å². The van der Waals surface area contributed by atoms with Crippen molar-refractivity contribution in [2.45, 2.75) is 4.90 Å². The molecule has 0 fully saturated rings. The van der Waals surface area contributed by atoms with Gasteiger partial charge < -0.3 is 4.74 Å². The summed E-state index contributed by atoms with van der Waals surface area (Å²) in [5, 5.41) is 16.3. The number of anilines is 1. The minimum Gasteiger partial charge on any atom is -0.479 e. The standard InChI is InChI=1S/C25H17F2N7O3S/c1-37-25-17-11-15(12-28-24(17)30-31-25)20-13-34(33-29-20)23-18(26)9-10-19(22(23)27)32-38(35,36)21-8-4-6-14-5-2-3-7-16(14)21/h2-13,32H,1H3,(H,28,30,31). The van der Waals surface area contributed by atoms with E-state index in [0.29, 0.717) is 33.2 Å². The Morgan fingerprint density at radius 3 is 2.68 bits per heavy atom. The van der Waals surface area contributed by atoms with E-state index in [1.54, 1.807) is 42.5 Å². The van der Waals surface area contributed by atoms with Gasteiger partial charge in [-0.1, -0.05) is 41.6 Å². The molecule has 6 aromatic rings. The molecule has 3 aromatic heterocycles. The molecule has 10 nitrogen and oxygen atoms in total. The van der Waals surface area contributed by atoms with Crippen molar-refractivity contribution >= 4 is 37.5 Å². The minimum atomic E-state index is -4.22. The first kappa shape index (κ1) is 23.5. The molecule has 3 aromatic carbocycles. The lowest BCUT2D eigenvalue weighted by molar-refractivity contribution is 0.401. The quantitative estimate of drug-likeness (QED) is 0.324. The van der Waals surface area contributed by atoms with Crippen molar-refractivity contribution in [3.05, 3.63) is 84.7 Å². The SMILES string of the molecule is COc1n[nH]c2ncc(-c3cn(-c4c(F)ccc(NS(=O)(=O)c5cccc6ccccc56)c4F)nn3)cc12. The average Bonchev–Trinajstić information content (AvgIpc) is 3.57. The second-order valence-electron chi connectivity index (χ2n) is 8.24. The highest BCUT2D eigenvalue weighted by Gasteiger charge is 2.23. The molecule has 190 valence electrons. The number of aromatic nitrogens is 6. The van der Waals surface area contributed by atoms with Gasteiger partial charge in [0, 0.05) is 17.1 Å². The van der Waals surface area contributed by atoms with Gasteiger partial charge >= 0.3 is 0 Å². The van der Waals surface area contributed by atoms with Crippen molar-refractivity contribution in [1.82, 2.24) is 30.2 Å². The summed E-state index contributed by atoms with van der Waals surface area (Å²) in [4.78, 5) is 4.21. The van der Waals surface area contributed by atoms with E-state index >= 15 is 4.39 Å². The van der Waals surface area contributed by atoms with Gasteiger partial charge in [0.15, 0.2) is 17.3 Å². The number of hydrogen-bond donors (Lipinski definition) is 2. The van der Waals surface area contributed by atoms with Gasteiger partial charge in [0.1, 0.15) is 11.4 Å². The minimum absolute atomic E-state index is 0.0403. The molecule has 6 rings (SSSR count). The maximum Gasteiger partial charge on any atom is 0.262 e. The van der Waals surface area contributed by atoms with Crippen molar-refractivity contribution in [2.75, 3.05) is 11.8 Å². The van der Waals surface area contributed by atoms with Crippen LogP contribution in [0.25, 0.3) is 38.8 Å². The third kappa shape index (κ3) is 3.89. The fraction of sp³-hybridized carbons (Fsp3) is 0.0400. The summed E-state index contributed by atoms with van der Waals surface area (Å²) in [5.74, 6) is -1.79. The molecule has 38 heavy (non-hydrogen) atoms. The topological polar surface area (TPSA) is 128 Å². The molecule has 0 spiro atoms. The molecule has 0 aliphatic carbocycles. The zero-order valence-corrected chi connectivity index (χ0v) is 20.4. The number of sulfonamides is 1. The fourth-order valence-corrected chi connectivity index (χ4v) is 5.43. The first-order chi connectivity index (χ1) is 18.4. The number of methoxy groups -OCH3 is 1. The van der Waals surface area contributed by atoms with Crippen LogP contribution < -0.4 is 9.46 Å². The second-order valence-corrected chi connectivity index (χ2v) is 9.89. The first-order valence-corrected chi connectivity index (χ1v) is 12.6. The Hall–Kier alpha value is -4.91. The van der Waals surface area contributed by atoms with Crippen LogP contribution in [0.2, 0.25) is 0 Å². The summed E-state index contributed by atoms with van der Waals surface area (Å²) in [6.45, 7) is 0. The van der Waals surface area contributed by atoms with Crippen LogP contribution in [0.4, 0.5) is 14.5 Å². The number of fused-ring (bicyclic) bond motifs is 2. The number of aromatic amines is 1. The van der Waals surface area contributed by atoms with E-state index in [0.717, 1.165) is 16.8 Å². The third-order valence-corrected chi connectivity index (χ3v) is 7.37. The largest absolute Gasteiger partial charge is 0.479 e. The Labute approximate surface area is 213 Å². The molecule has 0 aliphatic heterocycles. The molecule has 0 saturated carbocycles. The average molecular weight is 534 g/mol. The molecule has 0 radical (unpaired) electrons. The predicted octanol–water partition coefficient (Wildman–Crippen LogP) is 4.45. The van der Waals surface area contributed by atoms with Crippen molar-refractivity contribution in [2.24, 2.45) is 0 Å². The second kappa shape index (κ2) is 8.88. The molecular formula is C25H17F2N7O3S. The number of nitrogens with zero attached hydrogens (tertiary/aromatic N) is 5. The predicted molar refractivity (Wildman–Crippen MR) is 135 cm³/mol. The van der Waals surface area contributed by atoms with Crippen molar-refractivity contribution in [3.63, 3.8) is 0 Å². The molecule has 13 heteroatoms. The highest BCUT2D eigenvalue weighted by atomic mass is 32.2. The Kier molecular flexibility index (Phi) is 5.49. The van der Waals surface area contributed by atoms with Crippen LogP contribution in [0.15, 0.2) is 78.0 Å². The van der Waals surface area contributed by atoms with Crippen LogP contribution in [0.3, 0.4) is 0 Å². The molecule has 0 atom stereocenters. The van der Waals surface area contributed by atoms with Crippen LogP contribution in [0, 0.1) is 11.6 Å². The lowest BCUT2D eigenvalue weighted by Gasteiger charge is -2.13. The van der Waals surface area contributed by atoms with E-state index in [2.05, 4.69) is 30.2 Å². The first-order valence-electron chi connectivity index (χ1n) is 11.2. The third-order valence-electron chi connectivity index (χ3n) is 5.94. The van der Waals surface area contributed by atoms with E-state index in [4.69, 9.17) is 4.74 Å². The van der Waals surface area contributed by atoms with Crippen LogP contribution in [0.5, 0.6) is 5.88 Å². The molecule has 0 saturated heterocycles. The van der Waals surface area contributed by atoms with Gasteiger partial charge in [-0.25, -0.2) is 26.9 Å². The molecule has 2 N–H and O–H groups in total. The Morgan fingerprint density at radius 1 is 1.03 bits per heavy atom. The molecule has 3 heterocycles. The summed E-state index contributed by atoms with van der Waals surface area (Å²) in [6, 6.07) is 15.3. The van der Waals surface area contributed by atoms with Crippen LogP contribution >= 0.6 is 0 Å². The summed E-state index contributed by atoms with van der Waals surface area (Å²) >= 11 is 0. The fourth-order valence-electron chi connectivity index (χ4n) is 4.14. The Morgan fingerprint density at radius 2 is 1.84 bits per heavy atom. The van der Waals surface area contributed by atoms with Gasteiger partial charge in [0.05, 0.1) is 29.3 Å². The Bertz CT molecular complexity index is 1950. The lowest BCUT2D eigenvalue weighted by atomic mass is 10.1. The number of halogens is 2. The summed E-state index contributed by atoms with van der Waals surface area (Å²) < 4.78 is 65.1. The molecule has 0 bridgehead atoms. The normalized spacial score (nSPS) is 11.8. The summed E-state index contributed by atoms with van der Waals surface area (Å²) in [5.41, 5.74) is 0.205. The maximum absolute atomic E-state index is 15.6. The summed E-state index contributed by atoms with van der Waals surface area (Å²) in [6.07, 6.45) is 2.80. The van der Waals surface area contributed by atoms with E-state index < -0.39 is 33.0 Å². The van der Waals surface area contributed by atoms with E-state index in [9.17, 15) is 12.8 Å². The van der Waals surface area contributed by atoms with Crippen LogP contribution in [-0.2, 0) is 10.0 Å². The summed E-state index contributed by atoms with van der Waals surface area (Å²) in [7, 11) is -2.76. The Balaban J connectivity index is 1.37. The van der Waals surface area contributed by atoms with E-state index in [1.807, 2.05) is 0 Å². The van der Waals surface area contributed by atoms with Gasteiger partial charge in [-0.2, -0.15) is 0 Å². The molecule has 0 unspecified atom stereocenters. The molecule has 0 aliphatic rings. The van der Waals surface area contributed by atoms with E-state index in [-0.39, 0.29) is 10.6 Å². The van der Waals surface area contributed by atoms with Crippen molar-refractivity contribution in [1.29, 1.82) is 0 Å². The number of rotatable bonds is 6. The number of hydrogen-bond acceptors (Lipinski definition) is 7. The van der Waals surface area contributed by atoms with Crippen molar-refractivity contribution < 1.29 is 21.9 Å². The lowest BCUT2D eigenvalue weighted by Crippen LogP contribution is -2.16. The number of ether oxygens (including phenoxy) is 1. The van der Waals surface area contributed by atoms with Crippen LogP contribution in [0.1, 0.15) is 0 Å². The molecule has 0 amide bonds. The highest BCUT2D eigenvalue weighted by Crippen LogP contribution is 2.30. The number of nitrogens with one attached hydrogen (secondary N) is 2. The van der Waals surface area contributed by atoms with Gasteiger partial charge in [0.25, 0.3) is 10.0 Å². The highest BCUT2D eigenvalue weighted by molar-refractivity contribution is 7.93. The van der Waals surface area contributed by atoms with E-state index in [1.165, 1.54) is 25.6 Å².